The van der Waals surface area contributed by atoms with E-state index in [4.69, 9.17) is 0 Å². The van der Waals surface area contributed by atoms with Crippen LogP contribution in [-0.2, 0) is 12.8 Å². The number of anilines is 1. The molecule has 27 heavy (non-hydrogen) atoms. The third kappa shape index (κ3) is 4.06. The summed E-state index contributed by atoms with van der Waals surface area (Å²) in [6, 6.07) is 13.6. The fraction of sp³-hybridized carbons (Fsp3) is 0.435. The van der Waals surface area contributed by atoms with Gasteiger partial charge in [-0.3, -0.25) is 4.79 Å². The number of rotatable bonds is 5. The van der Waals surface area contributed by atoms with Crippen molar-refractivity contribution in [3.63, 3.8) is 0 Å². The first kappa shape index (κ1) is 18.2. The maximum atomic E-state index is 13.0. The monoisotopic (exact) mass is 366 g/mol. The van der Waals surface area contributed by atoms with Gasteiger partial charge in [-0.2, -0.15) is 0 Å². The maximum absolute atomic E-state index is 13.0. The number of fused-ring (bicyclic) bond motifs is 1. The van der Waals surface area contributed by atoms with Crippen LogP contribution in [0.25, 0.3) is 0 Å². The molecule has 2 aliphatic rings. The summed E-state index contributed by atoms with van der Waals surface area (Å²) in [6.07, 6.45) is 4.37. The van der Waals surface area contributed by atoms with Crippen molar-refractivity contribution in [3.05, 3.63) is 65.0 Å². The van der Waals surface area contributed by atoms with Crippen LogP contribution in [0.4, 0.5) is 10.1 Å². The molecule has 0 aliphatic carbocycles. The molecular formula is C23H27FN2O. The predicted octanol–water partition coefficient (Wildman–Crippen LogP) is 4.10. The molecule has 0 N–H and O–H groups in total. The normalized spacial score (nSPS) is 17.9. The number of likely N-dealkylation sites (tertiary alicyclic amines) is 1. The predicted molar refractivity (Wildman–Crippen MR) is 107 cm³/mol. The fourth-order valence-corrected chi connectivity index (χ4v) is 4.40. The number of hydrogen-bond donors (Lipinski definition) is 0. The van der Waals surface area contributed by atoms with Crippen LogP contribution in [0.5, 0.6) is 0 Å². The summed E-state index contributed by atoms with van der Waals surface area (Å²) in [5, 5.41) is 0. The zero-order chi connectivity index (χ0) is 18.8. The van der Waals surface area contributed by atoms with Gasteiger partial charge >= 0.3 is 0 Å². The Morgan fingerprint density at radius 3 is 2.52 bits per heavy atom. The average Bonchev–Trinajstić information content (AvgIpc) is 3.11. The van der Waals surface area contributed by atoms with E-state index in [1.807, 2.05) is 18.2 Å². The highest BCUT2D eigenvalue weighted by Crippen LogP contribution is 2.33. The molecule has 1 saturated heterocycles. The lowest BCUT2D eigenvalue weighted by Crippen LogP contribution is -2.45. The zero-order valence-corrected chi connectivity index (χ0v) is 16.0. The summed E-state index contributed by atoms with van der Waals surface area (Å²) in [7, 11) is 0. The number of Topliss-reactive ketones (excluding diaryl/α,β-unsaturated/α-hetero) is 1. The van der Waals surface area contributed by atoms with Crippen molar-refractivity contribution in [3.8, 4) is 0 Å². The molecule has 0 bridgehead atoms. The number of ketones is 1. The van der Waals surface area contributed by atoms with Crippen LogP contribution in [0.15, 0.2) is 42.5 Å². The molecule has 0 atom stereocenters. The van der Waals surface area contributed by atoms with E-state index < -0.39 is 0 Å². The van der Waals surface area contributed by atoms with Crippen molar-refractivity contribution < 1.29 is 9.18 Å². The van der Waals surface area contributed by atoms with Crippen molar-refractivity contribution in [2.24, 2.45) is 0 Å². The highest BCUT2D eigenvalue weighted by atomic mass is 19.1. The number of nitrogens with zero attached hydrogens (tertiary/aromatic N) is 2. The average molecular weight is 366 g/mol. The molecule has 142 valence electrons. The van der Waals surface area contributed by atoms with Crippen molar-refractivity contribution in [1.29, 1.82) is 0 Å². The summed E-state index contributed by atoms with van der Waals surface area (Å²) in [4.78, 5) is 16.8. The van der Waals surface area contributed by atoms with Gasteiger partial charge in [0.25, 0.3) is 0 Å². The number of halogens is 1. The second-order valence-corrected chi connectivity index (χ2v) is 7.79. The van der Waals surface area contributed by atoms with E-state index in [-0.39, 0.29) is 11.6 Å². The molecule has 2 aromatic carbocycles. The minimum atomic E-state index is -0.168. The zero-order valence-electron chi connectivity index (χ0n) is 16.0. The van der Waals surface area contributed by atoms with Crippen molar-refractivity contribution in [2.45, 2.75) is 38.6 Å². The molecule has 4 rings (SSSR count). The Morgan fingerprint density at radius 2 is 1.81 bits per heavy atom. The molecule has 0 aromatic heterocycles. The lowest BCUT2D eigenvalue weighted by molar-refractivity contribution is 0.101. The van der Waals surface area contributed by atoms with E-state index in [9.17, 15) is 9.18 Å². The van der Waals surface area contributed by atoms with Crippen LogP contribution in [0.3, 0.4) is 0 Å². The number of carbonyl (C=O) groups excluding carboxylic acids is 1. The smallest absolute Gasteiger partial charge is 0.159 e. The molecule has 4 heteroatoms. The molecule has 2 heterocycles. The first-order valence-corrected chi connectivity index (χ1v) is 9.97. The summed E-state index contributed by atoms with van der Waals surface area (Å²) in [6.45, 7) is 5.94. The minimum absolute atomic E-state index is 0.139. The van der Waals surface area contributed by atoms with E-state index in [1.54, 1.807) is 19.1 Å². The van der Waals surface area contributed by atoms with Crippen LogP contribution >= 0.6 is 0 Å². The van der Waals surface area contributed by atoms with E-state index >= 15 is 0 Å². The van der Waals surface area contributed by atoms with Gasteiger partial charge in [-0.05, 0) is 61.9 Å². The summed E-state index contributed by atoms with van der Waals surface area (Å²) < 4.78 is 13.0. The van der Waals surface area contributed by atoms with Gasteiger partial charge in [-0.1, -0.05) is 24.3 Å². The summed E-state index contributed by atoms with van der Waals surface area (Å²) in [5.74, 6) is -0.0290. The van der Waals surface area contributed by atoms with Gasteiger partial charge in [0.15, 0.2) is 5.78 Å². The molecule has 2 aliphatic heterocycles. The van der Waals surface area contributed by atoms with E-state index in [2.05, 4.69) is 21.9 Å². The highest BCUT2D eigenvalue weighted by Gasteiger charge is 2.29. The second-order valence-electron chi connectivity index (χ2n) is 7.79. The van der Waals surface area contributed by atoms with Gasteiger partial charge < -0.3 is 9.80 Å². The van der Waals surface area contributed by atoms with Crippen molar-refractivity contribution in [1.82, 2.24) is 4.90 Å². The Bertz CT molecular complexity index is 810. The van der Waals surface area contributed by atoms with Gasteiger partial charge in [0.2, 0.25) is 0 Å². The number of piperidine rings is 1. The molecule has 1 fully saturated rings. The Kier molecular flexibility index (Phi) is 5.26. The van der Waals surface area contributed by atoms with Gasteiger partial charge in [0.05, 0.1) is 0 Å². The molecule has 0 spiro atoms. The molecule has 0 amide bonds. The number of carbonyl (C=O) groups is 1. The molecule has 2 aromatic rings. The summed E-state index contributed by atoms with van der Waals surface area (Å²) in [5.41, 5.74) is 4.66. The number of hydrogen-bond acceptors (Lipinski definition) is 3. The third-order valence-electron chi connectivity index (χ3n) is 6.05. The molecule has 3 nitrogen and oxygen atoms in total. The lowest BCUT2D eigenvalue weighted by atomic mass is 10.0. The largest absolute Gasteiger partial charge is 0.368 e. The minimum Gasteiger partial charge on any atom is -0.368 e. The van der Waals surface area contributed by atoms with Gasteiger partial charge in [-0.15, -0.1) is 0 Å². The Morgan fingerprint density at radius 1 is 1.07 bits per heavy atom. The quantitative estimate of drug-likeness (QED) is 0.745. The first-order valence-electron chi connectivity index (χ1n) is 9.97. The Labute approximate surface area is 160 Å². The molecular weight excluding hydrogens is 339 g/mol. The standard InChI is InChI=1S/C23H27FN2O/c1-17(27)20-5-4-19-9-15-26(23(19)16-20)22-10-13-25(14-11-22)12-8-18-2-6-21(24)7-3-18/h2-7,16,22H,8-15H2,1H3. The number of benzene rings is 2. The maximum Gasteiger partial charge on any atom is 0.159 e. The second kappa shape index (κ2) is 7.81. The lowest BCUT2D eigenvalue weighted by Gasteiger charge is -2.38. The van der Waals surface area contributed by atoms with Crippen molar-refractivity contribution in [2.75, 3.05) is 31.1 Å². The van der Waals surface area contributed by atoms with Gasteiger partial charge in [0.1, 0.15) is 5.82 Å². The van der Waals surface area contributed by atoms with Gasteiger partial charge in [-0.25, -0.2) is 4.39 Å². The van der Waals surface area contributed by atoms with Crippen LogP contribution in [-0.4, -0.2) is 42.9 Å². The molecule has 0 unspecified atom stereocenters. The van der Waals surface area contributed by atoms with Crippen LogP contribution in [0.1, 0.15) is 41.3 Å². The topological polar surface area (TPSA) is 23.6 Å². The molecule has 0 radical (unpaired) electrons. The summed E-state index contributed by atoms with van der Waals surface area (Å²) >= 11 is 0. The Hall–Kier alpha value is -2.20. The fourth-order valence-electron chi connectivity index (χ4n) is 4.40. The van der Waals surface area contributed by atoms with E-state index in [1.165, 1.54) is 16.8 Å². The van der Waals surface area contributed by atoms with Crippen LogP contribution in [0, 0.1) is 5.82 Å². The van der Waals surface area contributed by atoms with E-state index in [0.717, 1.165) is 57.4 Å². The van der Waals surface area contributed by atoms with Gasteiger partial charge in [0, 0.05) is 43.5 Å². The van der Waals surface area contributed by atoms with Crippen molar-refractivity contribution >= 4 is 11.5 Å². The van der Waals surface area contributed by atoms with Crippen LogP contribution < -0.4 is 4.90 Å². The Balaban J connectivity index is 1.33. The van der Waals surface area contributed by atoms with E-state index in [0.29, 0.717) is 6.04 Å². The van der Waals surface area contributed by atoms with Crippen LogP contribution in [0.2, 0.25) is 0 Å². The molecule has 0 saturated carbocycles. The SMILES string of the molecule is CC(=O)c1ccc2c(c1)N(C1CCN(CCc3ccc(F)cc3)CC1)CC2. The first-order chi connectivity index (χ1) is 13.1. The highest BCUT2D eigenvalue weighted by molar-refractivity contribution is 5.95. The third-order valence-corrected chi connectivity index (χ3v) is 6.05.